The van der Waals surface area contributed by atoms with Crippen molar-refractivity contribution in [2.75, 3.05) is 4.90 Å². The monoisotopic (exact) mass is 276 g/mol. The van der Waals surface area contributed by atoms with Crippen LogP contribution in [0.4, 0.5) is 5.69 Å². The molecule has 0 aromatic carbocycles. The van der Waals surface area contributed by atoms with E-state index < -0.39 is 11.4 Å². The minimum Gasteiger partial charge on any atom is -0.478 e. The van der Waals surface area contributed by atoms with E-state index in [1.807, 2.05) is 13.8 Å². The van der Waals surface area contributed by atoms with Crippen LogP contribution in [0.2, 0.25) is 0 Å². The molecule has 0 unspecified atom stereocenters. The van der Waals surface area contributed by atoms with Crippen molar-refractivity contribution >= 4 is 23.5 Å². The van der Waals surface area contributed by atoms with Gasteiger partial charge in [0.15, 0.2) is 0 Å². The van der Waals surface area contributed by atoms with E-state index in [0.717, 1.165) is 4.90 Å². The average molecular weight is 276 g/mol. The molecule has 0 atom stereocenters. The zero-order valence-electron chi connectivity index (χ0n) is 11.4. The fourth-order valence-corrected chi connectivity index (χ4v) is 2.59. The van der Waals surface area contributed by atoms with Crippen molar-refractivity contribution < 1.29 is 19.5 Å². The van der Waals surface area contributed by atoms with Crippen LogP contribution in [-0.4, -0.2) is 27.9 Å². The SMILES string of the molecule is CCC1(CC)CC(=O)N(c2cnccc2C(=O)O)C1=O. The predicted molar refractivity (Wildman–Crippen MR) is 71.3 cm³/mol. The quantitative estimate of drug-likeness (QED) is 0.848. The lowest BCUT2D eigenvalue weighted by molar-refractivity contribution is -0.126. The van der Waals surface area contributed by atoms with Gasteiger partial charge in [-0.25, -0.2) is 9.69 Å². The number of carboxylic acid groups (broad SMARTS) is 1. The summed E-state index contributed by atoms with van der Waals surface area (Å²) >= 11 is 0. The molecule has 0 spiro atoms. The molecule has 2 rings (SSSR count). The van der Waals surface area contributed by atoms with E-state index in [1.165, 1.54) is 18.5 Å². The molecule has 2 amide bonds. The highest BCUT2D eigenvalue weighted by atomic mass is 16.4. The summed E-state index contributed by atoms with van der Waals surface area (Å²) < 4.78 is 0. The Bertz CT molecular complexity index is 578. The van der Waals surface area contributed by atoms with E-state index in [1.54, 1.807) is 0 Å². The zero-order chi connectivity index (χ0) is 14.9. The predicted octanol–water partition coefficient (Wildman–Crippen LogP) is 1.85. The molecule has 1 aromatic rings. The first kappa shape index (κ1) is 14.2. The smallest absolute Gasteiger partial charge is 0.337 e. The van der Waals surface area contributed by atoms with Crippen molar-refractivity contribution in [3.05, 3.63) is 24.0 Å². The molecule has 1 saturated heterocycles. The van der Waals surface area contributed by atoms with Crippen LogP contribution in [0.25, 0.3) is 0 Å². The normalized spacial score (nSPS) is 17.6. The molecule has 1 aliphatic heterocycles. The maximum Gasteiger partial charge on any atom is 0.337 e. The molecule has 1 fully saturated rings. The van der Waals surface area contributed by atoms with Crippen LogP contribution in [0.5, 0.6) is 0 Å². The van der Waals surface area contributed by atoms with E-state index in [4.69, 9.17) is 5.11 Å². The lowest BCUT2D eigenvalue weighted by Crippen LogP contribution is -2.36. The minimum absolute atomic E-state index is 0.0544. The second-order valence-corrected chi connectivity index (χ2v) is 4.90. The highest BCUT2D eigenvalue weighted by molar-refractivity contribution is 6.24. The summed E-state index contributed by atoms with van der Waals surface area (Å²) in [6.45, 7) is 3.72. The van der Waals surface area contributed by atoms with Crippen LogP contribution in [0.3, 0.4) is 0 Å². The Kier molecular flexibility index (Phi) is 3.57. The molecular formula is C14H16N2O4. The first-order chi connectivity index (χ1) is 9.46. The number of carbonyl (C=O) groups excluding carboxylic acids is 2. The van der Waals surface area contributed by atoms with Gasteiger partial charge in [-0.1, -0.05) is 13.8 Å². The molecule has 0 aliphatic carbocycles. The van der Waals surface area contributed by atoms with Gasteiger partial charge in [0.1, 0.15) is 0 Å². The van der Waals surface area contributed by atoms with Crippen molar-refractivity contribution in [2.45, 2.75) is 33.1 Å². The fraction of sp³-hybridized carbons (Fsp3) is 0.429. The van der Waals surface area contributed by atoms with Gasteiger partial charge in [-0.3, -0.25) is 14.6 Å². The molecular weight excluding hydrogens is 260 g/mol. The van der Waals surface area contributed by atoms with E-state index in [2.05, 4.69) is 4.98 Å². The van der Waals surface area contributed by atoms with Gasteiger partial charge in [-0.2, -0.15) is 0 Å². The van der Waals surface area contributed by atoms with Crippen molar-refractivity contribution in [3.8, 4) is 0 Å². The Morgan fingerprint density at radius 1 is 1.40 bits per heavy atom. The molecule has 20 heavy (non-hydrogen) atoms. The van der Waals surface area contributed by atoms with Crippen LogP contribution in [0.1, 0.15) is 43.5 Å². The topological polar surface area (TPSA) is 87.6 Å². The van der Waals surface area contributed by atoms with Gasteiger partial charge in [0.05, 0.1) is 22.9 Å². The second kappa shape index (κ2) is 5.03. The third kappa shape index (κ3) is 1.97. The highest BCUT2D eigenvalue weighted by Gasteiger charge is 2.50. The van der Waals surface area contributed by atoms with E-state index in [-0.39, 0.29) is 29.5 Å². The summed E-state index contributed by atoms with van der Waals surface area (Å²) in [7, 11) is 0. The van der Waals surface area contributed by atoms with E-state index in [9.17, 15) is 14.4 Å². The average Bonchev–Trinajstić information content (AvgIpc) is 2.70. The number of nitrogens with zero attached hydrogens (tertiary/aromatic N) is 2. The number of aromatic carboxylic acids is 1. The van der Waals surface area contributed by atoms with Crippen LogP contribution in [0.15, 0.2) is 18.5 Å². The lowest BCUT2D eigenvalue weighted by atomic mass is 9.81. The van der Waals surface area contributed by atoms with Gasteiger partial charge in [0.25, 0.3) is 0 Å². The summed E-state index contributed by atoms with van der Waals surface area (Å²) in [5.41, 5.74) is -0.758. The number of rotatable bonds is 4. The van der Waals surface area contributed by atoms with Gasteiger partial charge in [0.2, 0.25) is 11.8 Å². The molecule has 106 valence electrons. The summed E-state index contributed by atoms with van der Waals surface area (Å²) in [5.74, 6) is -1.88. The molecule has 1 aromatic heterocycles. The largest absolute Gasteiger partial charge is 0.478 e. The summed E-state index contributed by atoms with van der Waals surface area (Å²) in [5, 5.41) is 9.17. The molecule has 6 heteroatoms. The van der Waals surface area contributed by atoms with E-state index in [0.29, 0.717) is 12.8 Å². The molecule has 1 aliphatic rings. The van der Waals surface area contributed by atoms with Crippen LogP contribution in [0, 0.1) is 5.41 Å². The number of pyridine rings is 1. The first-order valence-corrected chi connectivity index (χ1v) is 6.51. The Morgan fingerprint density at radius 2 is 2.05 bits per heavy atom. The van der Waals surface area contributed by atoms with Crippen molar-refractivity contribution in [3.63, 3.8) is 0 Å². The van der Waals surface area contributed by atoms with Crippen LogP contribution >= 0.6 is 0 Å². The number of amides is 2. The molecule has 6 nitrogen and oxygen atoms in total. The molecule has 0 saturated carbocycles. The summed E-state index contributed by atoms with van der Waals surface area (Å²) in [6, 6.07) is 1.29. The number of carbonyl (C=O) groups is 3. The number of carboxylic acids is 1. The van der Waals surface area contributed by atoms with Crippen LogP contribution < -0.4 is 4.90 Å². The Hall–Kier alpha value is -2.24. The van der Waals surface area contributed by atoms with E-state index >= 15 is 0 Å². The molecule has 1 N–H and O–H groups in total. The Morgan fingerprint density at radius 3 is 2.55 bits per heavy atom. The van der Waals surface area contributed by atoms with Gasteiger partial charge in [-0.05, 0) is 18.9 Å². The number of imide groups is 1. The molecule has 0 bridgehead atoms. The van der Waals surface area contributed by atoms with Crippen molar-refractivity contribution in [2.24, 2.45) is 5.41 Å². The zero-order valence-corrected chi connectivity index (χ0v) is 11.4. The Balaban J connectivity index is 2.52. The number of aromatic nitrogens is 1. The third-order valence-corrected chi connectivity index (χ3v) is 4.02. The molecule has 0 radical (unpaired) electrons. The number of anilines is 1. The fourth-order valence-electron chi connectivity index (χ4n) is 2.59. The summed E-state index contributed by atoms with van der Waals surface area (Å²) in [4.78, 5) is 40.8. The van der Waals surface area contributed by atoms with Gasteiger partial charge >= 0.3 is 5.97 Å². The third-order valence-electron chi connectivity index (χ3n) is 4.02. The lowest BCUT2D eigenvalue weighted by Gasteiger charge is -2.23. The second-order valence-electron chi connectivity index (χ2n) is 4.90. The van der Waals surface area contributed by atoms with Crippen LogP contribution in [-0.2, 0) is 9.59 Å². The summed E-state index contributed by atoms with van der Waals surface area (Å²) in [6.07, 6.45) is 3.79. The standard InChI is InChI=1S/C14H16N2O4/c1-3-14(4-2)7-11(17)16(13(14)20)10-8-15-6-5-9(10)12(18)19/h5-6,8H,3-4,7H2,1-2H3,(H,18,19). The van der Waals surface area contributed by atoms with Gasteiger partial charge < -0.3 is 5.11 Å². The first-order valence-electron chi connectivity index (χ1n) is 6.51. The minimum atomic E-state index is -1.19. The number of hydrogen-bond acceptors (Lipinski definition) is 4. The van der Waals surface area contributed by atoms with Gasteiger partial charge in [-0.15, -0.1) is 0 Å². The molecule has 2 heterocycles. The Labute approximate surface area is 116 Å². The maximum absolute atomic E-state index is 12.6. The highest BCUT2D eigenvalue weighted by Crippen LogP contribution is 2.41. The van der Waals surface area contributed by atoms with Crippen molar-refractivity contribution in [1.82, 2.24) is 4.98 Å². The maximum atomic E-state index is 12.6. The van der Waals surface area contributed by atoms with Gasteiger partial charge in [0, 0.05) is 12.6 Å². The van der Waals surface area contributed by atoms with Crippen molar-refractivity contribution in [1.29, 1.82) is 0 Å². The number of hydrogen-bond donors (Lipinski definition) is 1.